The smallest absolute Gasteiger partial charge is 0.334 e. The van der Waals surface area contributed by atoms with Crippen molar-refractivity contribution in [2.45, 2.75) is 72.5 Å². The van der Waals surface area contributed by atoms with Crippen LogP contribution in [-0.2, 0) is 19.1 Å². The lowest BCUT2D eigenvalue weighted by atomic mass is 9.96. The van der Waals surface area contributed by atoms with Gasteiger partial charge < -0.3 is 25.0 Å². The summed E-state index contributed by atoms with van der Waals surface area (Å²) >= 11 is 0. The van der Waals surface area contributed by atoms with Gasteiger partial charge in [-0.1, -0.05) is 30.7 Å². The monoisotopic (exact) mass is 535 g/mol. The van der Waals surface area contributed by atoms with Crippen molar-refractivity contribution in [3.05, 3.63) is 70.6 Å². The average Bonchev–Trinajstić information content (AvgIpc) is 2.86. The molecule has 8 heteroatoms. The van der Waals surface area contributed by atoms with Crippen LogP contribution in [0.3, 0.4) is 0 Å². The van der Waals surface area contributed by atoms with Gasteiger partial charge in [0, 0.05) is 36.1 Å². The molecule has 3 N–H and O–H groups in total. The second-order valence-electron chi connectivity index (χ2n) is 10.2. The number of aliphatic hydroxyl groups is 1. The van der Waals surface area contributed by atoms with Crippen LogP contribution in [0.1, 0.15) is 65.9 Å². The third kappa shape index (κ3) is 8.29. The number of rotatable bonds is 2. The molecular weight excluding hydrogens is 498 g/mol. The minimum absolute atomic E-state index is 0.0340. The van der Waals surface area contributed by atoms with E-state index in [-0.39, 0.29) is 41.6 Å². The SMILES string of the molecule is CC[C@H]1/C=C/[C@H](O)[C@H](C=C(C)C)OC(=O)/C(C)=C/CC(=O)Nc2cc(O)cc3c2O/C(=C\C(=O)CC1)C(C)=C3. The lowest BCUT2D eigenvalue weighted by molar-refractivity contribution is -0.145. The summed E-state index contributed by atoms with van der Waals surface area (Å²) in [5.41, 5.74) is 2.59. The molecule has 0 aromatic heterocycles. The van der Waals surface area contributed by atoms with E-state index >= 15 is 0 Å². The molecule has 208 valence electrons. The minimum atomic E-state index is -1.08. The fraction of sp³-hybridized carbons (Fsp3) is 0.387. The number of aromatic hydroxyl groups is 1. The summed E-state index contributed by atoms with van der Waals surface area (Å²) < 4.78 is 11.6. The van der Waals surface area contributed by atoms with Gasteiger partial charge in [0.05, 0.1) is 5.69 Å². The van der Waals surface area contributed by atoms with Crippen molar-refractivity contribution in [1.82, 2.24) is 0 Å². The Morgan fingerprint density at radius 1 is 1.10 bits per heavy atom. The molecule has 0 radical (unpaired) electrons. The molecule has 3 atom stereocenters. The Morgan fingerprint density at radius 3 is 2.54 bits per heavy atom. The normalized spacial score (nSPS) is 26.4. The zero-order chi connectivity index (χ0) is 28.7. The van der Waals surface area contributed by atoms with E-state index in [2.05, 4.69) is 5.32 Å². The number of carbonyl (C=O) groups is 3. The molecule has 0 saturated carbocycles. The third-order valence-electron chi connectivity index (χ3n) is 6.50. The first-order valence-electron chi connectivity index (χ1n) is 13.1. The van der Waals surface area contributed by atoms with Gasteiger partial charge in [-0.2, -0.15) is 0 Å². The first kappa shape index (κ1) is 29.6. The topological polar surface area (TPSA) is 122 Å². The number of cyclic esters (lactones) is 1. The van der Waals surface area contributed by atoms with Gasteiger partial charge in [-0.05, 0) is 70.2 Å². The highest BCUT2D eigenvalue weighted by Gasteiger charge is 2.23. The molecule has 0 spiro atoms. The standard InChI is InChI=1S/C31H37NO7/c1-6-21-8-10-23(33)17-27-20(5)14-22-15-24(34)16-25(30(22)38-27)32-29(36)12-7-19(4)31(37)39-28(13-18(2)3)26(35)11-9-21/h7,9,11,13-17,21,26,28,34-35H,6,8,10,12H2,1-5H3,(H,32,36)/b11-9+,19-7+,27-17-/t21-,26+,28+/m1/s1. The van der Waals surface area contributed by atoms with Gasteiger partial charge in [-0.25, -0.2) is 4.79 Å². The van der Waals surface area contributed by atoms with Crippen LogP contribution in [0.25, 0.3) is 6.08 Å². The van der Waals surface area contributed by atoms with Gasteiger partial charge in [0.2, 0.25) is 5.91 Å². The highest BCUT2D eigenvalue weighted by molar-refractivity contribution is 5.97. The number of nitrogens with one attached hydrogen (secondary N) is 1. The number of esters is 1. The molecule has 8 nitrogen and oxygen atoms in total. The maximum atomic E-state index is 12.8. The first-order chi connectivity index (χ1) is 18.5. The summed E-state index contributed by atoms with van der Waals surface area (Å²) in [7, 11) is 0. The van der Waals surface area contributed by atoms with Crippen LogP contribution in [0, 0.1) is 5.92 Å². The third-order valence-corrected chi connectivity index (χ3v) is 6.50. The number of ether oxygens (including phenoxy) is 2. The number of carbonyl (C=O) groups excluding carboxylic acids is 3. The number of hydrogen-bond acceptors (Lipinski definition) is 7. The molecule has 0 aliphatic carbocycles. The van der Waals surface area contributed by atoms with Crippen molar-refractivity contribution >= 4 is 29.4 Å². The molecule has 0 fully saturated rings. The summed E-state index contributed by atoms with van der Waals surface area (Å²) in [5, 5.41) is 23.7. The predicted molar refractivity (Wildman–Crippen MR) is 150 cm³/mol. The summed E-state index contributed by atoms with van der Waals surface area (Å²) in [6.07, 6.45) is 9.25. The van der Waals surface area contributed by atoms with Crippen LogP contribution < -0.4 is 10.1 Å². The Bertz CT molecular complexity index is 1280. The number of ketones is 1. The van der Waals surface area contributed by atoms with E-state index in [4.69, 9.17) is 9.47 Å². The van der Waals surface area contributed by atoms with Gasteiger partial charge in [-0.3, -0.25) is 9.59 Å². The van der Waals surface area contributed by atoms with Crippen molar-refractivity contribution in [1.29, 1.82) is 0 Å². The summed E-state index contributed by atoms with van der Waals surface area (Å²) in [6.45, 7) is 9.03. The van der Waals surface area contributed by atoms with Crippen molar-refractivity contribution in [3.63, 3.8) is 0 Å². The Hall–Kier alpha value is -3.91. The Labute approximate surface area is 229 Å². The second kappa shape index (κ2) is 13.2. The first-order valence-corrected chi connectivity index (χ1v) is 13.1. The zero-order valence-corrected chi connectivity index (χ0v) is 23.1. The van der Waals surface area contributed by atoms with E-state index in [1.165, 1.54) is 31.2 Å². The van der Waals surface area contributed by atoms with Crippen molar-refractivity contribution in [2.24, 2.45) is 5.92 Å². The van der Waals surface area contributed by atoms with Crippen molar-refractivity contribution in [3.8, 4) is 11.5 Å². The molecule has 2 bridgehead atoms. The van der Waals surface area contributed by atoms with Gasteiger partial charge in [0.25, 0.3) is 0 Å². The van der Waals surface area contributed by atoms with E-state index in [0.29, 0.717) is 29.1 Å². The van der Waals surface area contributed by atoms with Crippen LogP contribution in [0.4, 0.5) is 5.69 Å². The van der Waals surface area contributed by atoms with E-state index < -0.39 is 24.1 Å². The highest BCUT2D eigenvalue weighted by atomic mass is 16.6. The molecule has 1 aromatic rings. The summed E-state index contributed by atoms with van der Waals surface area (Å²) in [4.78, 5) is 38.4. The number of hydrogen-bond donors (Lipinski definition) is 3. The number of aliphatic hydroxyl groups excluding tert-OH is 1. The lowest BCUT2D eigenvalue weighted by Crippen LogP contribution is -2.29. The maximum Gasteiger partial charge on any atom is 0.334 e. The molecular formula is C31H37NO7. The van der Waals surface area contributed by atoms with Gasteiger partial charge in [-0.15, -0.1) is 0 Å². The maximum absolute atomic E-state index is 12.8. The van der Waals surface area contributed by atoms with Gasteiger partial charge in [0.15, 0.2) is 11.5 Å². The van der Waals surface area contributed by atoms with E-state index in [9.17, 15) is 24.6 Å². The van der Waals surface area contributed by atoms with Crippen LogP contribution in [0.15, 0.2) is 65.0 Å². The lowest BCUT2D eigenvalue weighted by Gasteiger charge is -2.22. The fourth-order valence-electron chi connectivity index (χ4n) is 4.23. The quantitative estimate of drug-likeness (QED) is 0.336. The average molecular weight is 536 g/mol. The molecule has 1 amide bonds. The molecule has 2 aliphatic heterocycles. The number of phenolic OH excluding ortho intramolecular Hbond substituents is 1. The minimum Gasteiger partial charge on any atom is -0.508 e. The number of phenols is 1. The molecule has 1 aromatic carbocycles. The van der Waals surface area contributed by atoms with E-state index in [1.54, 1.807) is 25.2 Å². The van der Waals surface area contributed by atoms with E-state index in [1.807, 2.05) is 26.8 Å². The molecule has 2 aliphatic rings. The number of benzene rings is 1. The molecule has 2 heterocycles. The van der Waals surface area contributed by atoms with Crippen LogP contribution in [0.2, 0.25) is 0 Å². The molecule has 3 rings (SSSR count). The van der Waals surface area contributed by atoms with E-state index in [0.717, 1.165) is 12.0 Å². The highest BCUT2D eigenvalue weighted by Crippen LogP contribution is 2.40. The molecule has 39 heavy (non-hydrogen) atoms. The van der Waals surface area contributed by atoms with Crippen LogP contribution >= 0.6 is 0 Å². The Kier molecular flexibility index (Phi) is 10.1. The van der Waals surface area contributed by atoms with Crippen molar-refractivity contribution in [2.75, 3.05) is 5.32 Å². The van der Waals surface area contributed by atoms with Gasteiger partial charge >= 0.3 is 5.97 Å². The number of anilines is 1. The Balaban J connectivity index is 2.00. The number of amides is 1. The second-order valence-corrected chi connectivity index (χ2v) is 10.2. The Morgan fingerprint density at radius 2 is 1.85 bits per heavy atom. The predicted octanol–water partition coefficient (Wildman–Crippen LogP) is 5.53. The van der Waals surface area contributed by atoms with Crippen LogP contribution in [0.5, 0.6) is 11.5 Å². The molecule has 0 saturated heterocycles. The fourth-order valence-corrected chi connectivity index (χ4v) is 4.23. The summed E-state index contributed by atoms with van der Waals surface area (Å²) in [6, 6.07) is 2.88. The summed E-state index contributed by atoms with van der Waals surface area (Å²) in [5.74, 6) is -0.574. The van der Waals surface area contributed by atoms with Gasteiger partial charge in [0.1, 0.15) is 23.7 Å². The van der Waals surface area contributed by atoms with Crippen LogP contribution in [-0.4, -0.2) is 40.1 Å². The molecule has 0 unspecified atom stereocenters. The zero-order valence-electron chi connectivity index (χ0n) is 23.1. The largest absolute Gasteiger partial charge is 0.508 e. The number of fused-ring (bicyclic) bond motifs is 1. The number of allylic oxidation sites excluding steroid dienone is 4. The van der Waals surface area contributed by atoms with Crippen molar-refractivity contribution < 1.29 is 34.1 Å².